The van der Waals surface area contributed by atoms with Crippen molar-refractivity contribution in [3.05, 3.63) is 23.8 Å². The van der Waals surface area contributed by atoms with E-state index in [1.807, 2.05) is 13.8 Å². The molecule has 0 aromatic heterocycles. The minimum atomic E-state index is -1.01. The Bertz CT molecular complexity index is 390. The van der Waals surface area contributed by atoms with Crippen LogP contribution in [-0.2, 0) is 4.74 Å². The Morgan fingerprint density at radius 1 is 1.41 bits per heavy atom. The van der Waals surface area contributed by atoms with Crippen LogP contribution in [0.4, 0.5) is 5.69 Å². The lowest BCUT2D eigenvalue weighted by atomic mass is 10.2. The molecule has 1 aromatic rings. The summed E-state index contributed by atoms with van der Waals surface area (Å²) in [5.41, 5.74) is 6.13. The van der Waals surface area contributed by atoms with Gasteiger partial charge in [-0.1, -0.05) is 0 Å². The Hall–Kier alpha value is -1.75. The van der Waals surface area contributed by atoms with Crippen molar-refractivity contribution in [2.45, 2.75) is 20.0 Å². The molecule has 3 N–H and O–H groups in total. The van der Waals surface area contributed by atoms with Crippen molar-refractivity contribution in [1.29, 1.82) is 0 Å². The number of nitrogen functional groups attached to an aromatic ring is 1. The van der Waals surface area contributed by atoms with Crippen molar-refractivity contribution in [3.8, 4) is 5.75 Å². The second kappa shape index (κ2) is 6.10. The lowest BCUT2D eigenvalue weighted by Gasteiger charge is -2.11. The van der Waals surface area contributed by atoms with Gasteiger partial charge >= 0.3 is 5.97 Å². The Kier molecular flexibility index (Phi) is 4.78. The molecule has 0 heterocycles. The maximum atomic E-state index is 10.7. The van der Waals surface area contributed by atoms with E-state index < -0.39 is 5.97 Å². The number of hydrogen-bond donors (Lipinski definition) is 2. The first-order chi connectivity index (χ1) is 8.00. The molecular formula is C12H17NO4. The zero-order valence-corrected chi connectivity index (χ0v) is 9.97. The maximum absolute atomic E-state index is 10.7. The van der Waals surface area contributed by atoms with Gasteiger partial charge in [0.05, 0.1) is 24.0 Å². The summed E-state index contributed by atoms with van der Waals surface area (Å²) >= 11 is 0. The minimum absolute atomic E-state index is 0.147. The minimum Gasteiger partial charge on any atom is -0.489 e. The van der Waals surface area contributed by atoms with Crippen molar-refractivity contribution < 1.29 is 19.4 Å². The van der Waals surface area contributed by atoms with Crippen LogP contribution in [0.1, 0.15) is 24.2 Å². The van der Waals surface area contributed by atoms with E-state index in [1.165, 1.54) is 12.1 Å². The van der Waals surface area contributed by atoms with Crippen LogP contribution < -0.4 is 10.5 Å². The maximum Gasteiger partial charge on any atom is 0.335 e. The summed E-state index contributed by atoms with van der Waals surface area (Å²) in [6.07, 6.45) is 0.158. The molecule has 5 heteroatoms. The highest BCUT2D eigenvalue weighted by Crippen LogP contribution is 2.22. The van der Waals surface area contributed by atoms with Crippen molar-refractivity contribution in [2.24, 2.45) is 0 Å². The molecule has 5 nitrogen and oxygen atoms in total. The van der Waals surface area contributed by atoms with E-state index in [1.54, 1.807) is 6.07 Å². The van der Waals surface area contributed by atoms with E-state index in [9.17, 15) is 4.79 Å². The van der Waals surface area contributed by atoms with E-state index >= 15 is 0 Å². The zero-order chi connectivity index (χ0) is 12.8. The van der Waals surface area contributed by atoms with Gasteiger partial charge in [0.1, 0.15) is 12.4 Å². The molecule has 0 bridgehead atoms. The van der Waals surface area contributed by atoms with Crippen LogP contribution in [0, 0.1) is 0 Å². The molecule has 0 aliphatic heterocycles. The monoisotopic (exact) mass is 239 g/mol. The number of aromatic carboxylic acids is 1. The predicted octanol–water partition coefficient (Wildman–Crippen LogP) is 1.77. The van der Waals surface area contributed by atoms with Gasteiger partial charge in [0.25, 0.3) is 0 Å². The number of hydrogen-bond acceptors (Lipinski definition) is 4. The van der Waals surface area contributed by atoms with Crippen LogP contribution in [0.2, 0.25) is 0 Å². The first kappa shape index (κ1) is 13.3. The second-order valence-electron chi connectivity index (χ2n) is 3.83. The molecule has 0 spiro atoms. The second-order valence-corrected chi connectivity index (χ2v) is 3.83. The van der Waals surface area contributed by atoms with E-state index in [4.69, 9.17) is 20.3 Å². The molecule has 17 heavy (non-hydrogen) atoms. The van der Waals surface area contributed by atoms with Gasteiger partial charge in [-0.05, 0) is 32.0 Å². The number of ether oxygens (including phenoxy) is 2. The molecule has 0 amide bonds. The molecule has 0 aliphatic rings. The first-order valence-electron chi connectivity index (χ1n) is 5.38. The molecule has 0 saturated heterocycles. The number of anilines is 1. The Morgan fingerprint density at radius 2 is 2.12 bits per heavy atom. The summed E-state index contributed by atoms with van der Waals surface area (Å²) in [4.78, 5) is 10.7. The molecule has 0 radical (unpaired) electrons. The molecule has 0 saturated carbocycles. The number of nitrogens with two attached hydrogens (primary N) is 1. The fourth-order valence-electron chi connectivity index (χ4n) is 1.25. The highest BCUT2D eigenvalue weighted by Gasteiger charge is 2.07. The third-order valence-corrected chi connectivity index (χ3v) is 2.05. The number of carboxylic acid groups (broad SMARTS) is 1. The van der Waals surface area contributed by atoms with Crippen LogP contribution in [0.5, 0.6) is 5.75 Å². The molecular weight excluding hydrogens is 222 g/mol. The largest absolute Gasteiger partial charge is 0.489 e. The molecule has 1 aromatic carbocycles. The molecule has 1 rings (SSSR count). The molecule has 0 unspecified atom stereocenters. The number of rotatable bonds is 6. The van der Waals surface area contributed by atoms with E-state index in [0.717, 1.165) is 0 Å². The van der Waals surface area contributed by atoms with E-state index in [-0.39, 0.29) is 11.7 Å². The highest BCUT2D eigenvalue weighted by molar-refractivity contribution is 5.89. The molecule has 0 atom stereocenters. The molecule has 94 valence electrons. The SMILES string of the molecule is CC(C)OCCOc1ccc(C(=O)O)cc1N. The van der Waals surface area contributed by atoms with Gasteiger partial charge in [-0.15, -0.1) is 0 Å². The van der Waals surface area contributed by atoms with Crippen molar-refractivity contribution in [1.82, 2.24) is 0 Å². The summed E-state index contributed by atoms with van der Waals surface area (Å²) in [7, 11) is 0. The summed E-state index contributed by atoms with van der Waals surface area (Å²) in [6.45, 7) is 4.73. The summed E-state index contributed by atoms with van der Waals surface area (Å²) in [6, 6.07) is 4.38. The van der Waals surface area contributed by atoms with Gasteiger partial charge < -0.3 is 20.3 Å². The lowest BCUT2D eigenvalue weighted by Crippen LogP contribution is -2.12. The average Bonchev–Trinajstić information content (AvgIpc) is 2.25. The Morgan fingerprint density at radius 3 is 2.65 bits per heavy atom. The van der Waals surface area contributed by atoms with Gasteiger partial charge in [-0.25, -0.2) is 4.79 Å². The third-order valence-electron chi connectivity index (χ3n) is 2.05. The van der Waals surface area contributed by atoms with Gasteiger partial charge in [0.15, 0.2) is 0 Å². The topological polar surface area (TPSA) is 81.8 Å². The molecule has 0 fully saturated rings. The smallest absolute Gasteiger partial charge is 0.335 e. The summed E-state index contributed by atoms with van der Waals surface area (Å²) in [5.74, 6) is -0.534. The molecule has 0 aliphatic carbocycles. The van der Waals surface area contributed by atoms with Crippen LogP contribution in [0.25, 0.3) is 0 Å². The van der Waals surface area contributed by atoms with Crippen LogP contribution in [0.15, 0.2) is 18.2 Å². The normalized spacial score (nSPS) is 10.5. The fourth-order valence-corrected chi connectivity index (χ4v) is 1.25. The van der Waals surface area contributed by atoms with Crippen LogP contribution >= 0.6 is 0 Å². The van der Waals surface area contributed by atoms with Gasteiger partial charge in [0.2, 0.25) is 0 Å². The quantitative estimate of drug-likeness (QED) is 0.584. The van der Waals surface area contributed by atoms with Gasteiger partial charge in [-0.2, -0.15) is 0 Å². The lowest BCUT2D eigenvalue weighted by molar-refractivity contribution is 0.0554. The van der Waals surface area contributed by atoms with Crippen molar-refractivity contribution >= 4 is 11.7 Å². The fraction of sp³-hybridized carbons (Fsp3) is 0.417. The van der Waals surface area contributed by atoms with Gasteiger partial charge in [-0.3, -0.25) is 0 Å². The average molecular weight is 239 g/mol. The Balaban J connectivity index is 2.52. The van der Waals surface area contributed by atoms with Gasteiger partial charge in [0, 0.05) is 0 Å². The summed E-state index contributed by atoms with van der Waals surface area (Å²) < 4.78 is 10.7. The Labute approximate surface area is 100 Å². The predicted molar refractivity (Wildman–Crippen MR) is 64.4 cm³/mol. The number of benzene rings is 1. The van der Waals surface area contributed by atoms with Crippen LogP contribution in [0.3, 0.4) is 0 Å². The first-order valence-corrected chi connectivity index (χ1v) is 5.38. The van der Waals surface area contributed by atoms with Crippen LogP contribution in [-0.4, -0.2) is 30.4 Å². The highest BCUT2D eigenvalue weighted by atomic mass is 16.5. The number of carbonyl (C=O) groups is 1. The summed E-state index contributed by atoms with van der Waals surface area (Å²) in [5, 5.41) is 8.76. The van der Waals surface area contributed by atoms with E-state index in [2.05, 4.69) is 0 Å². The zero-order valence-electron chi connectivity index (χ0n) is 9.97. The van der Waals surface area contributed by atoms with E-state index in [0.29, 0.717) is 24.7 Å². The third kappa shape index (κ3) is 4.32. The van der Waals surface area contributed by atoms with Crippen molar-refractivity contribution in [3.63, 3.8) is 0 Å². The van der Waals surface area contributed by atoms with Crippen molar-refractivity contribution in [2.75, 3.05) is 18.9 Å². The standard InChI is InChI=1S/C12H17NO4/c1-8(2)16-5-6-17-11-4-3-9(12(14)15)7-10(11)13/h3-4,7-8H,5-6,13H2,1-2H3,(H,14,15). The number of carboxylic acids is 1.